The van der Waals surface area contributed by atoms with Gasteiger partial charge in [-0.05, 0) is 34.9 Å². The highest BCUT2D eigenvalue weighted by atomic mass is 19.4. The van der Waals surface area contributed by atoms with E-state index in [-0.39, 0.29) is 30.5 Å². The normalized spacial score (nSPS) is 11.6. The Labute approximate surface area is 205 Å². The molecule has 36 heavy (non-hydrogen) atoms. The summed E-state index contributed by atoms with van der Waals surface area (Å²) >= 11 is 0. The molecule has 4 rings (SSSR count). The fraction of sp³-hybridized carbons (Fsp3) is 0.185. The van der Waals surface area contributed by atoms with Gasteiger partial charge in [-0.2, -0.15) is 13.2 Å². The predicted octanol–water partition coefficient (Wildman–Crippen LogP) is 5.96. The Balaban J connectivity index is 1.47. The third kappa shape index (κ3) is 7.02. The molecule has 1 aromatic heterocycles. The van der Waals surface area contributed by atoms with Crippen LogP contribution in [0.2, 0.25) is 0 Å². The number of oxazole rings is 1. The van der Waals surface area contributed by atoms with Gasteiger partial charge in [-0.15, -0.1) is 0 Å². The van der Waals surface area contributed by atoms with Crippen molar-refractivity contribution >= 4 is 5.91 Å². The van der Waals surface area contributed by atoms with E-state index in [4.69, 9.17) is 4.42 Å². The van der Waals surface area contributed by atoms with Crippen LogP contribution in [-0.4, -0.2) is 15.8 Å². The predicted molar refractivity (Wildman–Crippen MR) is 125 cm³/mol. The lowest BCUT2D eigenvalue weighted by Gasteiger charge is -2.21. The van der Waals surface area contributed by atoms with Crippen molar-refractivity contribution in [2.45, 2.75) is 32.4 Å². The van der Waals surface area contributed by atoms with Gasteiger partial charge in [0.05, 0.1) is 12.1 Å². The number of nitrogens with one attached hydrogen (secondary N) is 1. The number of nitrogens with zero attached hydrogens (tertiary/aromatic N) is 2. The highest BCUT2D eigenvalue weighted by Crippen LogP contribution is 2.30. The number of alkyl halides is 3. The molecule has 0 unspecified atom stereocenters. The molecule has 1 N–H and O–H groups in total. The fourth-order valence-electron chi connectivity index (χ4n) is 3.67. The molecule has 0 aliphatic heterocycles. The van der Waals surface area contributed by atoms with Crippen molar-refractivity contribution in [1.82, 2.24) is 15.2 Å². The molecule has 0 aliphatic rings. The van der Waals surface area contributed by atoms with Gasteiger partial charge in [0.1, 0.15) is 12.1 Å². The van der Waals surface area contributed by atoms with E-state index < -0.39 is 17.6 Å². The van der Waals surface area contributed by atoms with Crippen molar-refractivity contribution in [3.8, 4) is 0 Å². The van der Waals surface area contributed by atoms with Crippen molar-refractivity contribution in [1.29, 1.82) is 0 Å². The number of carbonyl (C=O) groups is 1. The SMILES string of the molecule is O=C(NCc1ccccc1)c1coc(CN(Cc2ccc(F)cc2)Cc2cccc(C(F)(F)F)c2)n1. The molecule has 0 atom stereocenters. The zero-order chi connectivity index (χ0) is 25.5. The summed E-state index contributed by atoms with van der Waals surface area (Å²) in [5.74, 6) is -0.562. The lowest BCUT2D eigenvalue weighted by molar-refractivity contribution is -0.137. The van der Waals surface area contributed by atoms with Gasteiger partial charge in [0, 0.05) is 19.6 Å². The van der Waals surface area contributed by atoms with Gasteiger partial charge >= 0.3 is 6.18 Å². The van der Waals surface area contributed by atoms with Gasteiger partial charge in [0.15, 0.2) is 5.69 Å². The van der Waals surface area contributed by atoms with Gasteiger partial charge in [0.2, 0.25) is 5.89 Å². The Morgan fingerprint density at radius 1 is 0.861 bits per heavy atom. The topological polar surface area (TPSA) is 58.4 Å². The number of benzene rings is 3. The highest BCUT2D eigenvalue weighted by Gasteiger charge is 2.30. The van der Waals surface area contributed by atoms with E-state index in [0.29, 0.717) is 18.7 Å². The van der Waals surface area contributed by atoms with Crippen LogP contribution < -0.4 is 5.32 Å². The Morgan fingerprint density at radius 3 is 2.28 bits per heavy atom. The molecule has 0 bridgehead atoms. The Kier molecular flexibility index (Phi) is 7.80. The summed E-state index contributed by atoms with van der Waals surface area (Å²) < 4.78 is 58.4. The molecule has 0 saturated heterocycles. The minimum Gasteiger partial charge on any atom is -0.447 e. The second kappa shape index (κ2) is 11.2. The maximum atomic E-state index is 13.3. The molecule has 186 valence electrons. The number of carbonyl (C=O) groups excluding carboxylic acids is 1. The molecule has 0 aliphatic carbocycles. The van der Waals surface area contributed by atoms with Crippen LogP contribution in [0, 0.1) is 5.82 Å². The molecule has 1 heterocycles. The first kappa shape index (κ1) is 25.1. The molecule has 0 radical (unpaired) electrons. The van der Waals surface area contributed by atoms with Gasteiger partial charge in [0.25, 0.3) is 5.91 Å². The van der Waals surface area contributed by atoms with Crippen LogP contribution in [0.1, 0.15) is 38.6 Å². The molecular weight excluding hydrogens is 474 g/mol. The lowest BCUT2D eigenvalue weighted by Crippen LogP contribution is -2.24. The van der Waals surface area contributed by atoms with Crippen LogP contribution >= 0.6 is 0 Å². The number of aromatic nitrogens is 1. The Bertz CT molecular complexity index is 1290. The van der Waals surface area contributed by atoms with E-state index in [1.165, 1.54) is 24.5 Å². The molecule has 4 aromatic rings. The monoisotopic (exact) mass is 497 g/mol. The zero-order valence-electron chi connectivity index (χ0n) is 19.1. The van der Waals surface area contributed by atoms with E-state index in [1.54, 1.807) is 23.1 Å². The van der Waals surface area contributed by atoms with Crippen LogP contribution in [0.4, 0.5) is 17.6 Å². The molecule has 0 fully saturated rings. The molecule has 0 saturated carbocycles. The minimum atomic E-state index is -4.46. The van der Waals surface area contributed by atoms with Crippen molar-refractivity contribution < 1.29 is 26.8 Å². The van der Waals surface area contributed by atoms with Crippen LogP contribution in [0.25, 0.3) is 0 Å². The molecule has 3 aromatic carbocycles. The second-order valence-electron chi connectivity index (χ2n) is 8.26. The maximum absolute atomic E-state index is 13.3. The van der Waals surface area contributed by atoms with Crippen LogP contribution in [-0.2, 0) is 32.4 Å². The molecular formula is C27H23F4N3O2. The maximum Gasteiger partial charge on any atom is 0.416 e. The number of hydrogen-bond donors (Lipinski definition) is 1. The van der Waals surface area contributed by atoms with E-state index in [0.717, 1.165) is 23.3 Å². The third-order valence-corrected chi connectivity index (χ3v) is 5.42. The van der Waals surface area contributed by atoms with Crippen molar-refractivity contribution in [2.75, 3.05) is 0 Å². The summed E-state index contributed by atoms with van der Waals surface area (Å²) in [6, 6.07) is 20.3. The first-order valence-electron chi connectivity index (χ1n) is 11.2. The van der Waals surface area contributed by atoms with Gasteiger partial charge in [-0.3, -0.25) is 9.69 Å². The Morgan fingerprint density at radius 2 is 1.56 bits per heavy atom. The zero-order valence-corrected chi connectivity index (χ0v) is 19.1. The van der Waals surface area contributed by atoms with Crippen molar-refractivity contribution in [3.05, 3.63) is 125 Å². The smallest absolute Gasteiger partial charge is 0.416 e. The lowest BCUT2D eigenvalue weighted by atomic mass is 10.1. The van der Waals surface area contributed by atoms with Crippen LogP contribution in [0.5, 0.6) is 0 Å². The second-order valence-corrected chi connectivity index (χ2v) is 8.26. The Hall–Kier alpha value is -3.98. The van der Waals surface area contributed by atoms with Crippen molar-refractivity contribution in [2.24, 2.45) is 0 Å². The van der Waals surface area contributed by atoms with Crippen LogP contribution in [0.3, 0.4) is 0 Å². The quantitative estimate of drug-likeness (QED) is 0.290. The molecule has 5 nitrogen and oxygen atoms in total. The highest BCUT2D eigenvalue weighted by molar-refractivity contribution is 5.91. The van der Waals surface area contributed by atoms with Crippen molar-refractivity contribution in [3.63, 3.8) is 0 Å². The average molecular weight is 497 g/mol. The molecule has 9 heteroatoms. The van der Waals surface area contributed by atoms with Gasteiger partial charge < -0.3 is 9.73 Å². The summed E-state index contributed by atoms with van der Waals surface area (Å²) in [6.07, 6.45) is -3.21. The van der Waals surface area contributed by atoms with E-state index >= 15 is 0 Å². The first-order valence-corrected chi connectivity index (χ1v) is 11.2. The number of rotatable bonds is 9. The van der Waals surface area contributed by atoms with Gasteiger partial charge in [-0.1, -0.05) is 60.7 Å². The number of halogens is 4. The summed E-state index contributed by atoms with van der Waals surface area (Å²) in [5, 5.41) is 2.77. The van der Waals surface area contributed by atoms with Gasteiger partial charge in [-0.25, -0.2) is 9.37 Å². The summed E-state index contributed by atoms with van der Waals surface area (Å²) in [7, 11) is 0. The molecule has 0 spiro atoms. The summed E-state index contributed by atoms with van der Waals surface area (Å²) in [6.45, 7) is 0.904. The van der Waals surface area contributed by atoms with E-state index in [1.807, 2.05) is 30.3 Å². The summed E-state index contributed by atoms with van der Waals surface area (Å²) in [5.41, 5.74) is 1.49. The largest absolute Gasteiger partial charge is 0.447 e. The number of amides is 1. The van der Waals surface area contributed by atoms with E-state index in [2.05, 4.69) is 10.3 Å². The average Bonchev–Trinajstić information content (AvgIpc) is 3.33. The van der Waals surface area contributed by atoms with Crippen LogP contribution in [0.15, 0.2) is 89.5 Å². The first-order chi connectivity index (χ1) is 17.3. The summed E-state index contributed by atoms with van der Waals surface area (Å²) in [4.78, 5) is 18.5. The third-order valence-electron chi connectivity index (χ3n) is 5.42. The fourth-order valence-corrected chi connectivity index (χ4v) is 3.67. The standard InChI is InChI=1S/C27H23F4N3O2/c28-23-11-9-20(10-12-23)15-34(16-21-7-4-8-22(13-21)27(29,30)31)17-25-33-24(18-36-25)26(35)32-14-19-5-2-1-3-6-19/h1-13,18H,14-17H2,(H,32,35). The number of hydrogen-bond acceptors (Lipinski definition) is 4. The molecule has 1 amide bonds. The minimum absolute atomic E-state index is 0.0988. The van der Waals surface area contributed by atoms with E-state index in [9.17, 15) is 22.4 Å².